The van der Waals surface area contributed by atoms with Gasteiger partial charge in [0, 0.05) is 18.6 Å². The van der Waals surface area contributed by atoms with E-state index in [2.05, 4.69) is 15.9 Å². The van der Waals surface area contributed by atoms with Gasteiger partial charge in [0.25, 0.3) is 0 Å². The smallest absolute Gasteiger partial charge is 0.240 e. The molecule has 0 spiro atoms. The van der Waals surface area contributed by atoms with Crippen LogP contribution in [0.4, 0.5) is 0 Å². The Labute approximate surface area is 116 Å². The van der Waals surface area contributed by atoms with Crippen LogP contribution < -0.4 is 0 Å². The third-order valence-corrected chi connectivity index (χ3v) is 5.09. The molecule has 0 saturated carbocycles. The van der Waals surface area contributed by atoms with Crippen molar-refractivity contribution in [1.29, 1.82) is 0 Å². The fourth-order valence-corrected chi connectivity index (χ4v) is 3.36. The summed E-state index contributed by atoms with van der Waals surface area (Å²) in [5, 5.41) is -1.02. The maximum absolute atomic E-state index is 12.1. The summed E-state index contributed by atoms with van der Waals surface area (Å²) in [5.41, 5.74) is 0.669. The molecule has 100 valence electrons. The number of sulfone groups is 1. The lowest BCUT2D eigenvalue weighted by Gasteiger charge is -2.17. The molecule has 1 atom stereocenters. The van der Waals surface area contributed by atoms with Crippen LogP contribution in [0.5, 0.6) is 0 Å². The van der Waals surface area contributed by atoms with Crippen LogP contribution in [0, 0.1) is 0 Å². The molecule has 0 saturated heterocycles. The van der Waals surface area contributed by atoms with Crippen molar-refractivity contribution in [2.45, 2.75) is 17.9 Å². The first-order valence-electron chi connectivity index (χ1n) is 5.41. The summed E-state index contributed by atoms with van der Waals surface area (Å²) in [4.78, 5) is 13.0. The van der Waals surface area contributed by atoms with E-state index in [-0.39, 0.29) is 5.75 Å². The third-order valence-electron chi connectivity index (χ3n) is 2.58. The highest BCUT2D eigenvalue weighted by atomic mass is 79.9. The summed E-state index contributed by atoms with van der Waals surface area (Å²) in [7, 11) is -0.388. The zero-order chi connectivity index (χ0) is 13.9. The molecule has 0 aliphatic carbocycles. The van der Waals surface area contributed by atoms with E-state index in [9.17, 15) is 13.2 Å². The number of nitrogens with zero attached hydrogens (tertiary/aromatic N) is 1. The van der Waals surface area contributed by atoms with E-state index < -0.39 is 21.0 Å². The van der Waals surface area contributed by atoms with Crippen LogP contribution in [0.15, 0.2) is 28.7 Å². The highest BCUT2D eigenvalue weighted by Crippen LogP contribution is 2.17. The topological polar surface area (TPSA) is 54.5 Å². The van der Waals surface area contributed by atoms with Gasteiger partial charge in [-0.05, 0) is 24.6 Å². The first kappa shape index (κ1) is 15.2. The first-order chi connectivity index (χ1) is 8.24. The Balaban J connectivity index is 2.92. The Morgan fingerprint density at radius 3 is 2.50 bits per heavy atom. The Hall–Kier alpha value is -0.880. The molecule has 1 aromatic rings. The molecule has 0 bridgehead atoms. The summed E-state index contributed by atoms with van der Waals surface area (Å²) < 4.78 is 25.0. The van der Waals surface area contributed by atoms with Crippen LogP contribution >= 0.6 is 15.9 Å². The SMILES string of the molecule is CC(C(=O)N(C)C)S(=O)(=O)Cc1cccc(Br)c1. The minimum absolute atomic E-state index is 0.132. The van der Waals surface area contributed by atoms with Gasteiger partial charge in [-0.15, -0.1) is 0 Å². The highest BCUT2D eigenvalue weighted by Gasteiger charge is 2.29. The molecule has 0 N–H and O–H groups in total. The van der Waals surface area contributed by atoms with Crippen LogP contribution in [0.25, 0.3) is 0 Å². The molecule has 18 heavy (non-hydrogen) atoms. The molecule has 1 unspecified atom stereocenters. The number of halogens is 1. The van der Waals surface area contributed by atoms with E-state index in [1.54, 1.807) is 32.3 Å². The van der Waals surface area contributed by atoms with E-state index >= 15 is 0 Å². The standard InChI is InChI=1S/C12H16BrNO3S/c1-9(12(15)14(2)3)18(16,17)8-10-5-4-6-11(13)7-10/h4-7,9H,8H2,1-3H3. The Morgan fingerprint density at radius 2 is 2.00 bits per heavy atom. The average molecular weight is 334 g/mol. The Morgan fingerprint density at radius 1 is 1.39 bits per heavy atom. The fraction of sp³-hybridized carbons (Fsp3) is 0.417. The molecule has 4 nitrogen and oxygen atoms in total. The number of amides is 1. The van der Waals surface area contributed by atoms with Gasteiger partial charge in [0.15, 0.2) is 9.84 Å². The number of rotatable bonds is 4. The second-order valence-electron chi connectivity index (χ2n) is 4.31. The van der Waals surface area contributed by atoms with Crippen molar-refractivity contribution in [1.82, 2.24) is 4.90 Å². The molecule has 0 radical (unpaired) electrons. The van der Waals surface area contributed by atoms with Crippen molar-refractivity contribution in [3.05, 3.63) is 34.3 Å². The molecule has 0 fully saturated rings. The third kappa shape index (κ3) is 3.81. The monoisotopic (exact) mass is 333 g/mol. The van der Waals surface area contributed by atoms with Crippen LogP contribution in [-0.4, -0.2) is 38.6 Å². The number of hydrogen-bond donors (Lipinski definition) is 0. The Kier molecular flexibility index (Phi) is 4.92. The lowest BCUT2D eigenvalue weighted by molar-refractivity contribution is -0.127. The van der Waals surface area contributed by atoms with Gasteiger partial charge >= 0.3 is 0 Å². The van der Waals surface area contributed by atoms with Crippen LogP contribution in [0.1, 0.15) is 12.5 Å². The fourth-order valence-electron chi connectivity index (χ4n) is 1.50. The van der Waals surface area contributed by atoms with Crippen LogP contribution in [-0.2, 0) is 20.4 Å². The first-order valence-corrected chi connectivity index (χ1v) is 7.92. The Bertz CT molecular complexity index is 540. The normalized spacial score (nSPS) is 13.1. The highest BCUT2D eigenvalue weighted by molar-refractivity contribution is 9.10. The van der Waals surface area contributed by atoms with Gasteiger partial charge in [0.05, 0.1) is 5.75 Å². The molecule has 0 heterocycles. The number of benzene rings is 1. The molecular formula is C12H16BrNO3S. The van der Waals surface area contributed by atoms with Crippen molar-refractivity contribution in [3.63, 3.8) is 0 Å². The molecular weight excluding hydrogens is 318 g/mol. The van der Waals surface area contributed by atoms with Gasteiger partial charge in [0.2, 0.25) is 5.91 Å². The number of hydrogen-bond acceptors (Lipinski definition) is 3. The van der Waals surface area contributed by atoms with Crippen molar-refractivity contribution < 1.29 is 13.2 Å². The zero-order valence-corrected chi connectivity index (χ0v) is 13.0. The molecule has 0 aliphatic heterocycles. The van der Waals surface area contributed by atoms with E-state index in [1.807, 2.05) is 6.07 Å². The second kappa shape index (κ2) is 5.84. The van der Waals surface area contributed by atoms with Gasteiger partial charge < -0.3 is 4.90 Å². The summed E-state index contributed by atoms with van der Waals surface area (Å²) in [6, 6.07) is 7.07. The summed E-state index contributed by atoms with van der Waals surface area (Å²) in [5.74, 6) is -0.530. The minimum Gasteiger partial charge on any atom is -0.348 e. The lowest BCUT2D eigenvalue weighted by atomic mass is 10.2. The molecule has 6 heteroatoms. The minimum atomic E-state index is -3.49. The predicted octanol–water partition coefficient (Wildman–Crippen LogP) is 1.84. The van der Waals surface area contributed by atoms with Gasteiger partial charge in [-0.1, -0.05) is 28.1 Å². The maximum atomic E-state index is 12.1. The van der Waals surface area contributed by atoms with Gasteiger partial charge in [-0.2, -0.15) is 0 Å². The number of carbonyl (C=O) groups excluding carboxylic acids is 1. The average Bonchev–Trinajstić information content (AvgIpc) is 2.26. The quantitative estimate of drug-likeness (QED) is 0.844. The van der Waals surface area contributed by atoms with Gasteiger partial charge in [-0.3, -0.25) is 4.79 Å². The van der Waals surface area contributed by atoms with Crippen molar-refractivity contribution in [2.75, 3.05) is 14.1 Å². The van der Waals surface area contributed by atoms with Gasteiger partial charge in [0.1, 0.15) is 5.25 Å². The molecule has 1 amide bonds. The summed E-state index contributed by atoms with van der Waals surface area (Å²) >= 11 is 3.29. The molecule has 1 rings (SSSR count). The number of carbonyl (C=O) groups is 1. The molecule has 1 aromatic carbocycles. The van der Waals surface area contributed by atoms with Gasteiger partial charge in [-0.25, -0.2) is 8.42 Å². The summed E-state index contributed by atoms with van der Waals surface area (Å²) in [6.07, 6.45) is 0. The predicted molar refractivity (Wildman–Crippen MR) is 74.9 cm³/mol. The van der Waals surface area contributed by atoms with E-state index in [4.69, 9.17) is 0 Å². The largest absolute Gasteiger partial charge is 0.348 e. The van der Waals surface area contributed by atoms with Crippen LogP contribution in [0.2, 0.25) is 0 Å². The van der Waals surface area contributed by atoms with Crippen LogP contribution in [0.3, 0.4) is 0 Å². The second-order valence-corrected chi connectivity index (χ2v) is 7.55. The van der Waals surface area contributed by atoms with Crippen molar-refractivity contribution in [2.24, 2.45) is 0 Å². The molecule has 0 aliphatic rings. The van der Waals surface area contributed by atoms with E-state index in [0.29, 0.717) is 5.56 Å². The molecule has 0 aromatic heterocycles. The lowest BCUT2D eigenvalue weighted by Crippen LogP contribution is -2.37. The summed E-state index contributed by atoms with van der Waals surface area (Å²) in [6.45, 7) is 1.43. The van der Waals surface area contributed by atoms with E-state index in [1.165, 1.54) is 11.8 Å². The van der Waals surface area contributed by atoms with Crippen molar-refractivity contribution >= 4 is 31.7 Å². The zero-order valence-electron chi connectivity index (χ0n) is 10.6. The maximum Gasteiger partial charge on any atom is 0.240 e. The van der Waals surface area contributed by atoms with Crippen molar-refractivity contribution in [3.8, 4) is 0 Å². The van der Waals surface area contributed by atoms with E-state index in [0.717, 1.165) is 4.47 Å².